The zero-order valence-corrected chi connectivity index (χ0v) is 19.9. The third kappa shape index (κ3) is 4.94. The number of hydrogen-bond donors (Lipinski definition) is 4. The molecule has 0 saturated carbocycles. The second kappa shape index (κ2) is 9.91. The van der Waals surface area contributed by atoms with E-state index in [4.69, 9.17) is 9.88 Å². The van der Waals surface area contributed by atoms with Crippen LogP contribution in [0.25, 0.3) is 11.2 Å². The molecule has 2 aromatic heterocycles. The number of imidazole rings is 1. The van der Waals surface area contributed by atoms with Crippen LogP contribution in [0.1, 0.15) is 29.8 Å². The Hall–Kier alpha value is -3.42. The molecule has 1 saturated heterocycles. The molecule has 0 radical (unpaired) electrons. The number of benzene rings is 2. The van der Waals surface area contributed by atoms with Gasteiger partial charge in [0.15, 0.2) is 23.2 Å². The maximum absolute atomic E-state index is 11.3. The number of sulfonamides is 1. The summed E-state index contributed by atoms with van der Waals surface area (Å²) in [5, 5.41) is 29.6. The fourth-order valence-electron chi connectivity index (χ4n) is 4.41. The summed E-state index contributed by atoms with van der Waals surface area (Å²) in [5.74, 6) is 0.102. The van der Waals surface area contributed by atoms with Crippen LogP contribution in [0.3, 0.4) is 0 Å². The molecule has 0 amide bonds. The maximum Gasteiger partial charge on any atom is 0.209 e. The fourth-order valence-corrected chi connectivity index (χ4v) is 4.97. The predicted molar refractivity (Wildman–Crippen MR) is 132 cm³/mol. The Labute approximate surface area is 207 Å². The van der Waals surface area contributed by atoms with Crippen LogP contribution in [-0.4, -0.2) is 62.2 Å². The Kier molecular flexibility index (Phi) is 6.69. The number of ether oxygens (including phenoxy) is 1. The lowest BCUT2D eigenvalue weighted by molar-refractivity contribution is -0.0353. The normalized spacial score (nSPS) is 22.3. The first-order chi connectivity index (χ1) is 17.3. The zero-order chi connectivity index (χ0) is 25.3. The van der Waals surface area contributed by atoms with E-state index in [0.717, 1.165) is 11.1 Å². The number of rotatable bonds is 8. The molecular formula is C24H26N6O5S. The first-order valence-electron chi connectivity index (χ1n) is 11.4. The monoisotopic (exact) mass is 510 g/mol. The third-order valence-electron chi connectivity index (χ3n) is 6.20. The van der Waals surface area contributed by atoms with Gasteiger partial charge in [-0.05, 0) is 17.5 Å². The van der Waals surface area contributed by atoms with Crippen LogP contribution in [0.2, 0.25) is 0 Å². The number of nitrogens with zero attached hydrogens (tertiary/aromatic N) is 4. The van der Waals surface area contributed by atoms with Gasteiger partial charge in [-0.15, -0.1) is 0 Å². The van der Waals surface area contributed by atoms with E-state index in [1.165, 1.54) is 17.2 Å². The van der Waals surface area contributed by atoms with Gasteiger partial charge in [0, 0.05) is 0 Å². The van der Waals surface area contributed by atoms with Gasteiger partial charge in [-0.3, -0.25) is 4.57 Å². The first-order valence-corrected chi connectivity index (χ1v) is 13.1. The minimum atomic E-state index is -3.74. The van der Waals surface area contributed by atoms with Crippen molar-refractivity contribution in [3.63, 3.8) is 0 Å². The van der Waals surface area contributed by atoms with Crippen molar-refractivity contribution in [2.45, 2.75) is 37.0 Å². The summed E-state index contributed by atoms with van der Waals surface area (Å²) in [6.45, 7) is 0. The number of aromatic nitrogens is 4. The van der Waals surface area contributed by atoms with E-state index < -0.39 is 34.6 Å². The number of aliphatic hydroxyl groups excluding tert-OH is 2. The van der Waals surface area contributed by atoms with Crippen molar-refractivity contribution in [3.05, 3.63) is 84.4 Å². The first kappa shape index (κ1) is 24.3. The van der Waals surface area contributed by atoms with Gasteiger partial charge in [0.05, 0.1) is 24.2 Å². The van der Waals surface area contributed by atoms with Crippen molar-refractivity contribution in [1.29, 1.82) is 0 Å². The third-order valence-corrected chi connectivity index (χ3v) is 7.01. The fraction of sp³-hybridized carbons (Fsp3) is 0.292. The molecule has 11 nitrogen and oxygen atoms in total. The van der Waals surface area contributed by atoms with Crippen LogP contribution in [0.15, 0.2) is 73.3 Å². The molecule has 2 aromatic carbocycles. The van der Waals surface area contributed by atoms with Gasteiger partial charge in [-0.2, -0.15) is 0 Å². The summed E-state index contributed by atoms with van der Waals surface area (Å²) in [7, 11) is -3.74. The molecule has 3 heterocycles. The Morgan fingerprint density at radius 2 is 1.61 bits per heavy atom. The van der Waals surface area contributed by atoms with Crippen molar-refractivity contribution in [3.8, 4) is 0 Å². The quantitative estimate of drug-likeness (QED) is 0.273. The van der Waals surface area contributed by atoms with Crippen LogP contribution < -0.4 is 10.5 Å². The van der Waals surface area contributed by atoms with E-state index in [1.807, 2.05) is 60.7 Å². The second-order valence-electron chi connectivity index (χ2n) is 8.65. The highest BCUT2D eigenvalue weighted by Gasteiger charge is 2.44. The van der Waals surface area contributed by atoms with E-state index in [9.17, 15) is 18.6 Å². The molecule has 0 aliphatic carbocycles. The van der Waals surface area contributed by atoms with E-state index in [2.05, 4.69) is 20.3 Å². The number of nitrogens with one attached hydrogen (secondary N) is 1. The summed E-state index contributed by atoms with van der Waals surface area (Å²) in [4.78, 5) is 13.2. The minimum absolute atomic E-state index is 0.0577. The SMILES string of the molecule is NS(=O)(=O)CC[C@H]1O[C@@H](n2cnc3c(NC(c4ccccc4)c4ccccc4)ncnc32)[C@H](O)[C@H]1O. The number of primary sulfonamides is 1. The zero-order valence-electron chi connectivity index (χ0n) is 19.1. The van der Waals surface area contributed by atoms with E-state index >= 15 is 0 Å². The average molecular weight is 511 g/mol. The molecule has 4 aromatic rings. The highest BCUT2D eigenvalue weighted by molar-refractivity contribution is 7.89. The van der Waals surface area contributed by atoms with Crippen LogP contribution in [0.5, 0.6) is 0 Å². The van der Waals surface area contributed by atoms with Gasteiger partial charge in [0.1, 0.15) is 18.5 Å². The second-order valence-corrected chi connectivity index (χ2v) is 10.4. The van der Waals surface area contributed by atoms with Gasteiger partial charge in [0.25, 0.3) is 0 Å². The lowest BCUT2D eigenvalue weighted by Crippen LogP contribution is -2.33. The Morgan fingerprint density at radius 3 is 2.22 bits per heavy atom. The van der Waals surface area contributed by atoms with Crippen LogP contribution >= 0.6 is 0 Å². The standard InChI is InChI=1S/C24H26N6O5S/c25-36(33,34)12-11-17-20(31)21(32)24(35-17)30-14-28-19-22(26-13-27-23(19)30)29-18(15-7-3-1-4-8-15)16-9-5-2-6-10-16/h1-10,13-14,17-18,20-21,24,31-32H,11-12H2,(H2,25,33,34)(H,26,27,29)/t17-,20+,21-,24-/m1/s1. The summed E-state index contributed by atoms with van der Waals surface area (Å²) in [6, 6.07) is 19.6. The predicted octanol–water partition coefficient (Wildman–Crippen LogP) is 1.33. The Bertz CT molecular complexity index is 1390. The number of aliphatic hydroxyl groups is 2. The molecule has 1 aliphatic rings. The van der Waals surface area contributed by atoms with Gasteiger partial charge in [-0.25, -0.2) is 28.5 Å². The van der Waals surface area contributed by atoms with Gasteiger partial charge in [0.2, 0.25) is 10.0 Å². The summed E-state index contributed by atoms with van der Waals surface area (Å²) in [6.07, 6.45) is -1.77. The maximum atomic E-state index is 11.3. The van der Waals surface area contributed by atoms with Crippen molar-refractivity contribution in [2.75, 3.05) is 11.1 Å². The van der Waals surface area contributed by atoms with Crippen LogP contribution in [0.4, 0.5) is 5.82 Å². The minimum Gasteiger partial charge on any atom is -0.388 e. The summed E-state index contributed by atoms with van der Waals surface area (Å²) < 4.78 is 30.0. The van der Waals surface area contributed by atoms with E-state index in [1.54, 1.807) is 0 Å². The van der Waals surface area contributed by atoms with Gasteiger partial charge in [-0.1, -0.05) is 60.7 Å². The average Bonchev–Trinajstić information content (AvgIpc) is 3.43. The van der Waals surface area contributed by atoms with Crippen molar-refractivity contribution < 1.29 is 23.4 Å². The molecular weight excluding hydrogens is 484 g/mol. The lowest BCUT2D eigenvalue weighted by Gasteiger charge is -2.21. The molecule has 0 bridgehead atoms. The molecule has 188 valence electrons. The highest BCUT2D eigenvalue weighted by Crippen LogP contribution is 2.34. The Morgan fingerprint density at radius 1 is 0.972 bits per heavy atom. The lowest BCUT2D eigenvalue weighted by atomic mass is 9.99. The largest absolute Gasteiger partial charge is 0.388 e. The molecule has 5 N–H and O–H groups in total. The molecule has 1 fully saturated rings. The van der Waals surface area contributed by atoms with Gasteiger partial charge >= 0.3 is 0 Å². The summed E-state index contributed by atoms with van der Waals surface area (Å²) >= 11 is 0. The van der Waals surface area contributed by atoms with Gasteiger partial charge < -0.3 is 20.3 Å². The molecule has 0 unspecified atom stereocenters. The number of nitrogens with two attached hydrogens (primary N) is 1. The molecule has 0 spiro atoms. The molecule has 4 atom stereocenters. The van der Waals surface area contributed by atoms with Crippen LogP contribution in [0, 0.1) is 0 Å². The van der Waals surface area contributed by atoms with Crippen molar-refractivity contribution in [1.82, 2.24) is 19.5 Å². The number of fused-ring (bicyclic) bond motifs is 1. The van der Waals surface area contributed by atoms with Crippen molar-refractivity contribution >= 4 is 27.0 Å². The van der Waals surface area contributed by atoms with Crippen LogP contribution in [-0.2, 0) is 14.8 Å². The topological polar surface area (TPSA) is 165 Å². The Balaban J connectivity index is 1.46. The van der Waals surface area contributed by atoms with E-state index in [0.29, 0.717) is 17.0 Å². The molecule has 5 rings (SSSR count). The highest BCUT2D eigenvalue weighted by atomic mass is 32.2. The van der Waals surface area contributed by atoms with E-state index in [-0.39, 0.29) is 18.2 Å². The smallest absolute Gasteiger partial charge is 0.209 e. The van der Waals surface area contributed by atoms with Crippen molar-refractivity contribution in [2.24, 2.45) is 5.14 Å². The number of anilines is 1. The molecule has 1 aliphatic heterocycles. The molecule has 12 heteroatoms. The molecule has 36 heavy (non-hydrogen) atoms. The number of hydrogen-bond acceptors (Lipinski definition) is 9. The summed E-state index contributed by atoms with van der Waals surface area (Å²) in [5.41, 5.74) is 2.90.